The van der Waals surface area contributed by atoms with Crippen LogP contribution in [0.4, 0.5) is 5.69 Å². The van der Waals surface area contributed by atoms with Gasteiger partial charge >= 0.3 is 0 Å². The molecule has 110 valence electrons. The van der Waals surface area contributed by atoms with Gasteiger partial charge in [0.15, 0.2) is 0 Å². The van der Waals surface area contributed by atoms with Crippen molar-refractivity contribution in [1.82, 2.24) is 4.98 Å². The van der Waals surface area contributed by atoms with E-state index in [1.807, 2.05) is 6.92 Å². The zero-order valence-electron chi connectivity index (χ0n) is 11.3. The monoisotopic (exact) mass is 386 g/mol. The summed E-state index contributed by atoms with van der Waals surface area (Å²) in [6.45, 7) is 2.05. The van der Waals surface area contributed by atoms with Gasteiger partial charge in [-0.25, -0.2) is 4.98 Å². The molecular weight excluding hydrogens is 375 g/mol. The molecular formula is C15H13BrCl2N2O. The Morgan fingerprint density at radius 3 is 2.81 bits per heavy atom. The summed E-state index contributed by atoms with van der Waals surface area (Å²) in [5.41, 5.74) is 1.89. The number of pyridine rings is 1. The zero-order chi connectivity index (χ0) is 15.4. The largest absolute Gasteiger partial charge is 0.321 e. The number of hydrogen-bond donors (Lipinski definition) is 1. The number of carbonyl (C=O) groups excluding carboxylic acids is 1. The molecule has 0 aliphatic heterocycles. The van der Waals surface area contributed by atoms with Crippen LogP contribution >= 0.6 is 39.1 Å². The zero-order valence-corrected chi connectivity index (χ0v) is 14.4. The van der Waals surface area contributed by atoms with Gasteiger partial charge in [0.25, 0.3) is 5.91 Å². The predicted molar refractivity (Wildman–Crippen MR) is 90.3 cm³/mol. The third kappa shape index (κ3) is 4.19. The van der Waals surface area contributed by atoms with E-state index >= 15 is 0 Å². The second kappa shape index (κ2) is 7.25. The quantitative estimate of drug-likeness (QED) is 0.717. The molecule has 3 nitrogen and oxygen atoms in total. The topological polar surface area (TPSA) is 42.0 Å². The first kappa shape index (κ1) is 16.3. The number of amides is 1. The van der Waals surface area contributed by atoms with Crippen molar-refractivity contribution in [2.75, 3.05) is 5.32 Å². The van der Waals surface area contributed by atoms with Crippen molar-refractivity contribution in [3.8, 4) is 0 Å². The van der Waals surface area contributed by atoms with Gasteiger partial charge in [0, 0.05) is 11.3 Å². The molecule has 0 aliphatic carbocycles. The van der Waals surface area contributed by atoms with Gasteiger partial charge in [-0.3, -0.25) is 4.79 Å². The first-order valence-electron chi connectivity index (χ1n) is 6.43. The summed E-state index contributed by atoms with van der Waals surface area (Å²) in [6, 6.07) is 8.58. The number of rotatable bonds is 4. The molecule has 0 spiro atoms. The first-order chi connectivity index (χ1) is 10.0. The van der Waals surface area contributed by atoms with E-state index in [0.29, 0.717) is 25.9 Å². The summed E-state index contributed by atoms with van der Waals surface area (Å²) in [5, 5.41) is 3.66. The lowest BCUT2D eigenvalue weighted by Gasteiger charge is -2.09. The molecule has 0 fully saturated rings. The molecule has 0 atom stereocenters. The van der Waals surface area contributed by atoms with E-state index in [4.69, 9.17) is 23.2 Å². The highest BCUT2D eigenvalue weighted by Gasteiger charge is 2.12. The number of benzene rings is 1. The number of aromatic nitrogens is 1. The highest BCUT2D eigenvalue weighted by molar-refractivity contribution is 9.10. The third-order valence-electron chi connectivity index (χ3n) is 2.82. The Hall–Kier alpha value is -1.10. The van der Waals surface area contributed by atoms with Gasteiger partial charge < -0.3 is 5.32 Å². The van der Waals surface area contributed by atoms with Crippen LogP contribution in [0.5, 0.6) is 0 Å². The molecule has 0 saturated carbocycles. The van der Waals surface area contributed by atoms with E-state index in [0.717, 1.165) is 18.5 Å². The number of carbonyl (C=O) groups is 1. The lowest BCUT2D eigenvalue weighted by Crippen LogP contribution is -2.13. The Labute approximate surface area is 141 Å². The fraction of sp³-hybridized carbons (Fsp3) is 0.200. The maximum absolute atomic E-state index is 12.3. The second-order valence-corrected chi connectivity index (χ2v) is 6.06. The Balaban J connectivity index is 2.26. The molecule has 6 heteroatoms. The van der Waals surface area contributed by atoms with Crippen LogP contribution in [0.2, 0.25) is 10.2 Å². The molecule has 21 heavy (non-hydrogen) atoms. The highest BCUT2D eigenvalue weighted by atomic mass is 79.9. The van der Waals surface area contributed by atoms with Crippen LogP contribution in [0, 0.1) is 0 Å². The summed E-state index contributed by atoms with van der Waals surface area (Å²) in [5.74, 6) is -0.250. The van der Waals surface area contributed by atoms with Crippen LogP contribution in [0.15, 0.2) is 34.8 Å². The average molecular weight is 388 g/mol. The Bertz CT molecular complexity index is 677. The van der Waals surface area contributed by atoms with Gasteiger partial charge in [-0.1, -0.05) is 42.6 Å². The lowest BCUT2D eigenvalue weighted by atomic mass is 10.1. The van der Waals surface area contributed by atoms with E-state index < -0.39 is 0 Å². The van der Waals surface area contributed by atoms with Crippen molar-refractivity contribution in [3.05, 3.63) is 56.2 Å². The van der Waals surface area contributed by atoms with Crippen molar-refractivity contribution in [1.29, 1.82) is 0 Å². The van der Waals surface area contributed by atoms with E-state index in [1.54, 1.807) is 30.3 Å². The van der Waals surface area contributed by atoms with Crippen molar-refractivity contribution in [2.45, 2.75) is 19.8 Å². The normalized spacial score (nSPS) is 10.5. The van der Waals surface area contributed by atoms with Crippen LogP contribution in [0.25, 0.3) is 0 Å². The standard InChI is InChI=1S/C15H13BrCl2N2O/c1-2-4-10-7-9(8-13(18)19-10)15(21)20-12-6-3-5-11(17)14(12)16/h3,5-8H,2,4H2,1H3,(H,20,21). The van der Waals surface area contributed by atoms with Crippen LogP contribution in [-0.4, -0.2) is 10.9 Å². The summed E-state index contributed by atoms with van der Waals surface area (Å²) in [6.07, 6.45) is 1.72. The van der Waals surface area contributed by atoms with E-state index in [9.17, 15) is 4.79 Å². The first-order valence-corrected chi connectivity index (χ1v) is 7.98. The SMILES string of the molecule is CCCc1cc(C(=O)Nc2cccc(Cl)c2Br)cc(Cl)n1. The Morgan fingerprint density at radius 2 is 2.10 bits per heavy atom. The molecule has 1 amide bonds. The van der Waals surface area contributed by atoms with Gasteiger partial charge in [0.1, 0.15) is 5.15 Å². The van der Waals surface area contributed by atoms with Crippen molar-refractivity contribution in [2.24, 2.45) is 0 Å². The fourth-order valence-corrected chi connectivity index (χ4v) is 2.63. The van der Waals surface area contributed by atoms with Gasteiger partial charge in [-0.15, -0.1) is 0 Å². The van der Waals surface area contributed by atoms with E-state index in [2.05, 4.69) is 26.2 Å². The molecule has 1 aromatic heterocycles. The van der Waals surface area contributed by atoms with Crippen molar-refractivity contribution < 1.29 is 4.79 Å². The number of hydrogen-bond acceptors (Lipinski definition) is 2. The number of nitrogens with one attached hydrogen (secondary N) is 1. The third-order valence-corrected chi connectivity index (χ3v) is 4.41. The van der Waals surface area contributed by atoms with Crippen LogP contribution in [-0.2, 0) is 6.42 Å². The Morgan fingerprint density at radius 1 is 1.33 bits per heavy atom. The highest BCUT2D eigenvalue weighted by Crippen LogP contribution is 2.30. The number of aryl methyl sites for hydroxylation is 1. The molecule has 1 heterocycles. The van der Waals surface area contributed by atoms with Gasteiger partial charge in [0.2, 0.25) is 0 Å². The fourth-order valence-electron chi connectivity index (χ4n) is 1.86. The van der Waals surface area contributed by atoms with E-state index in [1.165, 1.54) is 0 Å². The van der Waals surface area contributed by atoms with Gasteiger partial charge in [-0.2, -0.15) is 0 Å². The summed E-state index contributed by atoms with van der Waals surface area (Å²) < 4.78 is 0.647. The molecule has 0 aliphatic rings. The minimum absolute atomic E-state index is 0.250. The smallest absolute Gasteiger partial charge is 0.255 e. The number of halogens is 3. The predicted octanol–water partition coefficient (Wildman–Crippen LogP) is 5.36. The molecule has 2 aromatic rings. The van der Waals surface area contributed by atoms with Gasteiger partial charge in [0.05, 0.1) is 15.2 Å². The molecule has 1 aromatic carbocycles. The van der Waals surface area contributed by atoms with Crippen molar-refractivity contribution in [3.63, 3.8) is 0 Å². The maximum atomic E-state index is 12.3. The molecule has 0 bridgehead atoms. The molecule has 0 saturated heterocycles. The van der Waals surface area contributed by atoms with Gasteiger partial charge in [-0.05, 0) is 46.6 Å². The summed E-state index contributed by atoms with van der Waals surface area (Å²) >= 11 is 15.3. The van der Waals surface area contributed by atoms with E-state index in [-0.39, 0.29) is 5.91 Å². The lowest BCUT2D eigenvalue weighted by molar-refractivity contribution is 0.102. The summed E-state index contributed by atoms with van der Waals surface area (Å²) in [7, 11) is 0. The molecule has 0 radical (unpaired) electrons. The molecule has 0 unspecified atom stereocenters. The number of anilines is 1. The minimum Gasteiger partial charge on any atom is -0.321 e. The average Bonchev–Trinajstić information content (AvgIpc) is 2.43. The van der Waals surface area contributed by atoms with Crippen LogP contribution < -0.4 is 5.32 Å². The number of nitrogens with zero attached hydrogens (tertiary/aromatic N) is 1. The van der Waals surface area contributed by atoms with Crippen LogP contribution in [0.3, 0.4) is 0 Å². The summed E-state index contributed by atoms with van der Waals surface area (Å²) in [4.78, 5) is 16.5. The maximum Gasteiger partial charge on any atom is 0.255 e. The van der Waals surface area contributed by atoms with Crippen LogP contribution in [0.1, 0.15) is 29.4 Å². The van der Waals surface area contributed by atoms with Crippen molar-refractivity contribution >= 4 is 50.7 Å². The minimum atomic E-state index is -0.250. The second-order valence-electron chi connectivity index (χ2n) is 4.48. The molecule has 2 rings (SSSR count). The molecule has 1 N–H and O–H groups in total. The Kier molecular flexibility index (Phi) is 5.62.